The molecule has 1 atom stereocenters. The molecule has 0 radical (unpaired) electrons. The quantitative estimate of drug-likeness (QED) is 0.852. The smallest absolute Gasteiger partial charge is 0.224 e. The maximum atomic E-state index is 5.46. The van der Waals surface area contributed by atoms with Crippen LogP contribution in [0, 0.1) is 0 Å². The molecule has 6 nitrogen and oxygen atoms in total. The Morgan fingerprint density at radius 1 is 1.38 bits per heavy atom. The van der Waals surface area contributed by atoms with Crippen molar-refractivity contribution >= 4 is 23.1 Å². The lowest BCUT2D eigenvalue weighted by Gasteiger charge is -2.23. The van der Waals surface area contributed by atoms with Crippen LogP contribution in [-0.2, 0) is 11.2 Å². The molecule has 1 aliphatic rings. The van der Waals surface area contributed by atoms with Crippen LogP contribution < -0.4 is 10.6 Å². The number of nitrogens with zero attached hydrogens (tertiary/aromatic N) is 3. The van der Waals surface area contributed by atoms with Crippen molar-refractivity contribution in [1.82, 2.24) is 15.0 Å². The summed E-state index contributed by atoms with van der Waals surface area (Å²) in [4.78, 5) is 13.0. The summed E-state index contributed by atoms with van der Waals surface area (Å²) in [5.74, 6) is 1.49. The number of thiazole rings is 1. The number of ether oxygens (including phenoxy) is 1. The van der Waals surface area contributed by atoms with E-state index < -0.39 is 0 Å². The van der Waals surface area contributed by atoms with E-state index in [1.165, 1.54) is 0 Å². The second-order valence-electron chi connectivity index (χ2n) is 4.98. The third-order valence-corrected chi connectivity index (χ3v) is 3.95. The van der Waals surface area contributed by atoms with Crippen molar-refractivity contribution in [3.05, 3.63) is 28.8 Å². The molecule has 0 amide bonds. The first-order valence-electron chi connectivity index (χ1n) is 7.18. The van der Waals surface area contributed by atoms with Gasteiger partial charge in [0.25, 0.3) is 0 Å². The van der Waals surface area contributed by atoms with E-state index in [-0.39, 0.29) is 0 Å². The van der Waals surface area contributed by atoms with E-state index in [4.69, 9.17) is 4.74 Å². The van der Waals surface area contributed by atoms with Crippen LogP contribution in [0.15, 0.2) is 23.2 Å². The molecule has 0 saturated carbocycles. The number of nitrogens with one attached hydrogen (secondary N) is 2. The largest absolute Gasteiger partial charge is 0.379 e. The van der Waals surface area contributed by atoms with Crippen LogP contribution >= 0.6 is 11.3 Å². The normalized spacial score (nSPS) is 18.4. The van der Waals surface area contributed by atoms with Crippen molar-refractivity contribution in [2.24, 2.45) is 0 Å². The number of hydrogen-bond donors (Lipinski definition) is 2. The zero-order chi connectivity index (χ0) is 14.3. The van der Waals surface area contributed by atoms with Crippen LogP contribution in [0.3, 0.4) is 0 Å². The highest BCUT2D eigenvalue weighted by Crippen LogP contribution is 2.13. The maximum absolute atomic E-state index is 5.46. The van der Waals surface area contributed by atoms with Gasteiger partial charge in [0.2, 0.25) is 5.95 Å². The summed E-state index contributed by atoms with van der Waals surface area (Å²) in [6.45, 7) is 2.39. The highest BCUT2D eigenvalue weighted by atomic mass is 32.1. The molecule has 0 unspecified atom stereocenters. The maximum Gasteiger partial charge on any atom is 0.224 e. The van der Waals surface area contributed by atoms with Crippen LogP contribution in [0.5, 0.6) is 0 Å². The average molecular weight is 305 g/mol. The second kappa shape index (κ2) is 7.33. The third kappa shape index (κ3) is 4.37. The first-order chi connectivity index (χ1) is 10.4. The third-order valence-electron chi connectivity index (χ3n) is 3.32. The highest BCUT2D eigenvalue weighted by Gasteiger charge is 2.14. The lowest BCUT2D eigenvalue weighted by atomic mass is 10.1. The SMILES string of the molecule is c1cc(N[C@H]2CCCOC2)nc(NCCc2cscn2)n1. The molecule has 3 rings (SSSR count). The fraction of sp³-hybridized carbons (Fsp3) is 0.500. The van der Waals surface area contributed by atoms with Gasteiger partial charge in [-0.1, -0.05) is 0 Å². The Morgan fingerprint density at radius 3 is 3.19 bits per heavy atom. The molecule has 0 bridgehead atoms. The summed E-state index contributed by atoms with van der Waals surface area (Å²) in [6.07, 6.45) is 4.86. The van der Waals surface area contributed by atoms with Gasteiger partial charge in [-0.05, 0) is 18.9 Å². The Balaban J connectivity index is 1.50. The topological polar surface area (TPSA) is 72.0 Å². The predicted octanol–water partition coefficient (Wildman–Crippen LogP) is 2.18. The van der Waals surface area contributed by atoms with E-state index in [0.29, 0.717) is 12.0 Å². The molecular formula is C14H19N5OS. The molecule has 0 aromatic carbocycles. The predicted molar refractivity (Wildman–Crippen MR) is 83.8 cm³/mol. The van der Waals surface area contributed by atoms with E-state index in [2.05, 4.69) is 31.0 Å². The zero-order valence-electron chi connectivity index (χ0n) is 11.8. The Morgan fingerprint density at radius 2 is 2.38 bits per heavy atom. The van der Waals surface area contributed by atoms with Crippen molar-refractivity contribution in [2.45, 2.75) is 25.3 Å². The lowest BCUT2D eigenvalue weighted by molar-refractivity contribution is 0.0875. The van der Waals surface area contributed by atoms with Gasteiger partial charge in [-0.15, -0.1) is 11.3 Å². The minimum absolute atomic E-state index is 0.344. The molecule has 1 aliphatic heterocycles. The Labute approximate surface area is 128 Å². The molecule has 3 heterocycles. The van der Waals surface area contributed by atoms with Gasteiger partial charge in [0.1, 0.15) is 5.82 Å². The lowest BCUT2D eigenvalue weighted by Crippen LogP contribution is -2.30. The summed E-state index contributed by atoms with van der Waals surface area (Å²) in [6, 6.07) is 2.23. The van der Waals surface area contributed by atoms with E-state index in [0.717, 1.165) is 50.5 Å². The van der Waals surface area contributed by atoms with Crippen molar-refractivity contribution < 1.29 is 4.74 Å². The van der Waals surface area contributed by atoms with E-state index in [1.807, 2.05) is 11.6 Å². The van der Waals surface area contributed by atoms with Gasteiger partial charge >= 0.3 is 0 Å². The Bertz CT molecular complexity index is 542. The summed E-state index contributed by atoms with van der Waals surface area (Å²) in [7, 11) is 0. The molecule has 2 aromatic rings. The van der Waals surface area contributed by atoms with Crippen molar-refractivity contribution in [3.8, 4) is 0 Å². The van der Waals surface area contributed by atoms with Gasteiger partial charge in [-0.25, -0.2) is 9.97 Å². The van der Waals surface area contributed by atoms with Crippen LogP contribution in [0.1, 0.15) is 18.5 Å². The fourth-order valence-corrected chi connectivity index (χ4v) is 2.84. The molecule has 1 saturated heterocycles. The molecule has 2 N–H and O–H groups in total. The first kappa shape index (κ1) is 14.2. The highest BCUT2D eigenvalue weighted by molar-refractivity contribution is 7.07. The van der Waals surface area contributed by atoms with Gasteiger partial charge in [0.05, 0.1) is 23.9 Å². The summed E-state index contributed by atoms with van der Waals surface area (Å²) < 4.78 is 5.46. The van der Waals surface area contributed by atoms with Gasteiger partial charge in [0, 0.05) is 31.1 Å². The van der Waals surface area contributed by atoms with Crippen LogP contribution in [0.4, 0.5) is 11.8 Å². The van der Waals surface area contributed by atoms with Crippen molar-refractivity contribution in [3.63, 3.8) is 0 Å². The average Bonchev–Trinajstić information content (AvgIpc) is 3.02. The van der Waals surface area contributed by atoms with Crippen molar-refractivity contribution in [2.75, 3.05) is 30.4 Å². The van der Waals surface area contributed by atoms with Gasteiger partial charge in [-0.2, -0.15) is 4.98 Å². The Hall–Kier alpha value is -1.73. The van der Waals surface area contributed by atoms with E-state index in [9.17, 15) is 0 Å². The van der Waals surface area contributed by atoms with E-state index >= 15 is 0 Å². The van der Waals surface area contributed by atoms with Crippen molar-refractivity contribution in [1.29, 1.82) is 0 Å². The fourth-order valence-electron chi connectivity index (χ4n) is 2.25. The number of hydrogen-bond acceptors (Lipinski definition) is 7. The molecule has 0 aliphatic carbocycles. The summed E-state index contributed by atoms with van der Waals surface area (Å²) >= 11 is 1.62. The zero-order valence-corrected chi connectivity index (χ0v) is 12.6. The summed E-state index contributed by atoms with van der Waals surface area (Å²) in [5.41, 5.74) is 2.95. The summed E-state index contributed by atoms with van der Waals surface area (Å²) in [5, 5.41) is 8.69. The Kier molecular flexibility index (Phi) is 4.96. The number of rotatable bonds is 6. The molecule has 21 heavy (non-hydrogen) atoms. The minimum Gasteiger partial charge on any atom is -0.379 e. The molecule has 7 heteroatoms. The number of aromatic nitrogens is 3. The van der Waals surface area contributed by atoms with Crippen LogP contribution in [-0.4, -0.2) is 40.8 Å². The number of anilines is 2. The molecule has 0 spiro atoms. The molecule has 1 fully saturated rings. The van der Waals surface area contributed by atoms with Crippen LogP contribution in [0.2, 0.25) is 0 Å². The second-order valence-corrected chi connectivity index (χ2v) is 5.70. The standard InChI is InChI=1S/C14H19N5OS/c1-2-11(8-20-7-1)18-13-4-6-16-14(19-13)15-5-3-12-9-21-10-17-12/h4,6,9-11H,1-3,5,7-8H2,(H2,15,16,18,19)/t11-/m0/s1. The van der Waals surface area contributed by atoms with Gasteiger partial charge < -0.3 is 15.4 Å². The monoisotopic (exact) mass is 305 g/mol. The van der Waals surface area contributed by atoms with Gasteiger partial charge in [0.15, 0.2) is 0 Å². The minimum atomic E-state index is 0.344. The molecule has 2 aromatic heterocycles. The first-order valence-corrected chi connectivity index (χ1v) is 8.13. The molecule has 112 valence electrons. The van der Waals surface area contributed by atoms with Crippen LogP contribution in [0.25, 0.3) is 0 Å². The van der Waals surface area contributed by atoms with Gasteiger partial charge in [-0.3, -0.25) is 0 Å². The molecular weight excluding hydrogens is 286 g/mol. The van der Waals surface area contributed by atoms with E-state index in [1.54, 1.807) is 17.5 Å².